The second-order valence-electron chi connectivity index (χ2n) is 4.32. The summed E-state index contributed by atoms with van der Waals surface area (Å²) in [6.45, 7) is 5.36. The van der Waals surface area contributed by atoms with Gasteiger partial charge in [-0.3, -0.25) is 0 Å². The lowest BCUT2D eigenvalue weighted by molar-refractivity contribution is 0.0535. The molecule has 1 N–H and O–H groups in total. The molecule has 0 aromatic carbocycles. The average molecular weight is 299 g/mol. The van der Waals surface area contributed by atoms with E-state index < -0.39 is 0 Å². The van der Waals surface area contributed by atoms with E-state index in [0.29, 0.717) is 44.7 Å². The SMILES string of the molecule is CCCNc1cc(OCCOCCOC)nc(COC)n1. The zero-order valence-electron chi connectivity index (χ0n) is 13.1. The van der Waals surface area contributed by atoms with Crippen molar-refractivity contribution in [2.45, 2.75) is 20.0 Å². The number of nitrogens with zero attached hydrogens (tertiary/aromatic N) is 2. The van der Waals surface area contributed by atoms with Gasteiger partial charge in [0.1, 0.15) is 19.0 Å². The lowest BCUT2D eigenvalue weighted by Gasteiger charge is -2.10. The molecule has 21 heavy (non-hydrogen) atoms. The summed E-state index contributed by atoms with van der Waals surface area (Å²) in [6, 6.07) is 1.78. The normalized spacial score (nSPS) is 10.6. The van der Waals surface area contributed by atoms with Crippen molar-refractivity contribution in [1.29, 1.82) is 0 Å². The van der Waals surface area contributed by atoms with Crippen LogP contribution in [0.15, 0.2) is 6.07 Å². The Morgan fingerprint density at radius 2 is 1.86 bits per heavy atom. The molecule has 1 aromatic rings. The molecule has 1 heterocycles. The molecule has 0 aliphatic carbocycles. The number of methoxy groups -OCH3 is 2. The Hall–Kier alpha value is -1.44. The van der Waals surface area contributed by atoms with Crippen molar-refractivity contribution in [2.24, 2.45) is 0 Å². The second-order valence-corrected chi connectivity index (χ2v) is 4.32. The van der Waals surface area contributed by atoms with Crippen LogP contribution in [0.3, 0.4) is 0 Å². The molecular weight excluding hydrogens is 274 g/mol. The molecule has 7 heteroatoms. The minimum Gasteiger partial charge on any atom is -0.475 e. The number of nitrogens with one attached hydrogen (secondary N) is 1. The Balaban J connectivity index is 2.48. The van der Waals surface area contributed by atoms with E-state index in [2.05, 4.69) is 22.2 Å². The van der Waals surface area contributed by atoms with Crippen LogP contribution in [0.4, 0.5) is 5.82 Å². The molecule has 1 rings (SSSR count). The highest BCUT2D eigenvalue weighted by molar-refractivity contribution is 5.38. The highest BCUT2D eigenvalue weighted by Crippen LogP contribution is 2.14. The molecule has 0 saturated heterocycles. The first-order valence-corrected chi connectivity index (χ1v) is 7.10. The number of anilines is 1. The number of aromatic nitrogens is 2. The molecule has 0 radical (unpaired) electrons. The van der Waals surface area contributed by atoms with Crippen molar-refractivity contribution in [2.75, 3.05) is 52.5 Å². The van der Waals surface area contributed by atoms with Gasteiger partial charge in [-0.2, -0.15) is 4.98 Å². The lowest BCUT2D eigenvalue weighted by atomic mass is 10.4. The van der Waals surface area contributed by atoms with Crippen LogP contribution in [0.2, 0.25) is 0 Å². The topological polar surface area (TPSA) is 74.7 Å². The van der Waals surface area contributed by atoms with Crippen LogP contribution in [0.25, 0.3) is 0 Å². The fourth-order valence-corrected chi connectivity index (χ4v) is 1.53. The predicted molar refractivity (Wildman–Crippen MR) is 79.7 cm³/mol. The van der Waals surface area contributed by atoms with Crippen LogP contribution in [0.1, 0.15) is 19.2 Å². The zero-order chi connectivity index (χ0) is 15.3. The number of ether oxygens (including phenoxy) is 4. The third-order valence-electron chi connectivity index (χ3n) is 2.49. The molecular formula is C14H25N3O4. The standard InChI is InChI=1S/C14H25N3O4/c1-4-5-15-12-10-14(17-13(16-12)11-19-3)21-9-8-20-7-6-18-2/h10H,4-9,11H2,1-3H3,(H,15,16,17). The van der Waals surface area contributed by atoms with Crippen molar-refractivity contribution in [1.82, 2.24) is 9.97 Å². The van der Waals surface area contributed by atoms with Gasteiger partial charge < -0.3 is 24.3 Å². The summed E-state index contributed by atoms with van der Waals surface area (Å²) in [4.78, 5) is 8.64. The Morgan fingerprint density at radius 3 is 2.57 bits per heavy atom. The lowest BCUT2D eigenvalue weighted by Crippen LogP contribution is -2.12. The summed E-state index contributed by atoms with van der Waals surface area (Å²) in [7, 11) is 3.25. The molecule has 0 saturated carbocycles. The minimum absolute atomic E-state index is 0.350. The van der Waals surface area contributed by atoms with Gasteiger partial charge in [-0.05, 0) is 6.42 Å². The van der Waals surface area contributed by atoms with Crippen molar-refractivity contribution < 1.29 is 18.9 Å². The van der Waals surface area contributed by atoms with E-state index in [0.717, 1.165) is 18.8 Å². The van der Waals surface area contributed by atoms with Gasteiger partial charge in [-0.15, -0.1) is 0 Å². The smallest absolute Gasteiger partial charge is 0.218 e. The first-order chi connectivity index (χ1) is 10.3. The summed E-state index contributed by atoms with van der Waals surface area (Å²) in [5.74, 6) is 1.86. The monoisotopic (exact) mass is 299 g/mol. The molecule has 0 amide bonds. The molecule has 0 aliphatic rings. The second kappa shape index (κ2) is 11.2. The van der Waals surface area contributed by atoms with E-state index in [9.17, 15) is 0 Å². The first-order valence-electron chi connectivity index (χ1n) is 7.10. The summed E-state index contributed by atoms with van der Waals surface area (Å²) in [6.07, 6.45) is 1.02. The molecule has 1 aromatic heterocycles. The highest BCUT2D eigenvalue weighted by Gasteiger charge is 2.05. The van der Waals surface area contributed by atoms with E-state index in [4.69, 9.17) is 18.9 Å². The van der Waals surface area contributed by atoms with Crippen molar-refractivity contribution in [3.05, 3.63) is 11.9 Å². The number of rotatable bonds is 12. The Kier molecular flexibility index (Phi) is 9.43. The molecule has 0 spiro atoms. The third kappa shape index (κ3) is 7.79. The first kappa shape index (κ1) is 17.6. The van der Waals surface area contributed by atoms with Crippen LogP contribution >= 0.6 is 0 Å². The molecule has 120 valence electrons. The highest BCUT2D eigenvalue weighted by atomic mass is 16.5. The molecule has 0 fully saturated rings. The van der Waals surface area contributed by atoms with Crippen molar-refractivity contribution in [3.8, 4) is 5.88 Å². The van der Waals surface area contributed by atoms with E-state index in [1.807, 2.05) is 0 Å². The Morgan fingerprint density at radius 1 is 1.05 bits per heavy atom. The minimum atomic E-state index is 0.350. The van der Waals surface area contributed by atoms with E-state index in [-0.39, 0.29) is 0 Å². The summed E-state index contributed by atoms with van der Waals surface area (Å²) >= 11 is 0. The summed E-state index contributed by atoms with van der Waals surface area (Å²) in [5, 5.41) is 3.22. The third-order valence-corrected chi connectivity index (χ3v) is 2.49. The van der Waals surface area contributed by atoms with Crippen LogP contribution in [-0.2, 0) is 20.8 Å². The number of hydrogen-bond acceptors (Lipinski definition) is 7. The summed E-state index contributed by atoms with van der Waals surface area (Å²) < 4.78 is 20.9. The van der Waals surface area contributed by atoms with Gasteiger partial charge in [0, 0.05) is 26.8 Å². The molecule has 0 atom stereocenters. The predicted octanol–water partition coefficient (Wildman–Crippen LogP) is 1.49. The Bertz CT molecular complexity index is 390. The maximum absolute atomic E-state index is 5.58. The van der Waals surface area contributed by atoms with Gasteiger partial charge in [-0.25, -0.2) is 4.98 Å². The van der Waals surface area contributed by atoms with Crippen LogP contribution in [0, 0.1) is 0 Å². The molecule has 0 aliphatic heterocycles. The zero-order valence-corrected chi connectivity index (χ0v) is 13.1. The van der Waals surface area contributed by atoms with E-state index in [1.165, 1.54) is 0 Å². The molecule has 0 bridgehead atoms. The summed E-state index contributed by atoms with van der Waals surface area (Å²) in [5.41, 5.74) is 0. The average Bonchev–Trinajstić information content (AvgIpc) is 2.49. The van der Waals surface area contributed by atoms with Gasteiger partial charge in [0.05, 0.1) is 19.8 Å². The van der Waals surface area contributed by atoms with Gasteiger partial charge in [-0.1, -0.05) is 6.92 Å². The van der Waals surface area contributed by atoms with E-state index in [1.54, 1.807) is 20.3 Å². The van der Waals surface area contributed by atoms with E-state index >= 15 is 0 Å². The quantitative estimate of drug-likeness (QED) is 0.586. The van der Waals surface area contributed by atoms with Gasteiger partial charge in [0.15, 0.2) is 5.82 Å². The van der Waals surface area contributed by atoms with Crippen molar-refractivity contribution in [3.63, 3.8) is 0 Å². The van der Waals surface area contributed by atoms with Gasteiger partial charge in [0.25, 0.3) is 0 Å². The van der Waals surface area contributed by atoms with Crippen molar-refractivity contribution >= 4 is 5.82 Å². The fourth-order valence-electron chi connectivity index (χ4n) is 1.53. The van der Waals surface area contributed by atoms with Gasteiger partial charge in [0.2, 0.25) is 5.88 Å². The molecule has 7 nitrogen and oxygen atoms in total. The Labute approximate surface area is 126 Å². The van der Waals surface area contributed by atoms with Crippen LogP contribution in [-0.4, -0.2) is 57.2 Å². The maximum Gasteiger partial charge on any atom is 0.218 e. The molecule has 0 unspecified atom stereocenters. The maximum atomic E-state index is 5.58. The fraction of sp³-hybridized carbons (Fsp3) is 0.714. The van der Waals surface area contributed by atoms with Crippen LogP contribution < -0.4 is 10.1 Å². The largest absolute Gasteiger partial charge is 0.475 e. The van der Waals surface area contributed by atoms with Gasteiger partial charge >= 0.3 is 0 Å². The van der Waals surface area contributed by atoms with Crippen LogP contribution in [0.5, 0.6) is 5.88 Å². The number of hydrogen-bond donors (Lipinski definition) is 1.